The zero-order chi connectivity index (χ0) is 14.5. The molecule has 0 radical (unpaired) electrons. The normalized spacial score (nSPS) is 13.8. The van der Waals surface area contributed by atoms with Crippen LogP contribution in [0.4, 0.5) is 0 Å². The first-order valence-corrected chi connectivity index (χ1v) is 8.03. The lowest BCUT2D eigenvalue weighted by atomic mass is 9.77. The summed E-state index contributed by atoms with van der Waals surface area (Å²) in [7, 11) is 0. The molecule has 0 saturated heterocycles. The van der Waals surface area contributed by atoms with Crippen LogP contribution >= 0.6 is 15.9 Å². The smallest absolute Gasteiger partial charge is 0.0177 e. The highest BCUT2D eigenvalue weighted by molar-refractivity contribution is 9.10. The Balaban J connectivity index is 2.65. The van der Waals surface area contributed by atoms with Gasteiger partial charge < -0.3 is 5.32 Å². The predicted octanol–water partition coefficient (Wildman–Crippen LogP) is 4.90. The van der Waals surface area contributed by atoms with E-state index in [4.69, 9.17) is 0 Å². The molecule has 0 aliphatic rings. The van der Waals surface area contributed by atoms with E-state index in [1.165, 1.54) is 10.0 Å². The van der Waals surface area contributed by atoms with Crippen LogP contribution in [0.5, 0.6) is 0 Å². The maximum absolute atomic E-state index is 3.61. The molecule has 1 nitrogen and oxygen atoms in total. The third kappa shape index (κ3) is 6.58. The van der Waals surface area contributed by atoms with Crippen LogP contribution in [0.15, 0.2) is 28.7 Å². The zero-order valence-electron chi connectivity index (χ0n) is 13.0. The number of benzene rings is 1. The molecule has 0 aliphatic carbocycles. The molecular formula is C17H28BrN. The fourth-order valence-electron chi connectivity index (χ4n) is 2.18. The van der Waals surface area contributed by atoms with E-state index in [1.807, 2.05) is 0 Å². The Hall–Kier alpha value is -0.340. The van der Waals surface area contributed by atoms with Crippen LogP contribution in [0.25, 0.3) is 0 Å². The van der Waals surface area contributed by atoms with Gasteiger partial charge in [-0.05, 0) is 54.5 Å². The van der Waals surface area contributed by atoms with E-state index in [9.17, 15) is 0 Å². The summed E-state index contributed by atoms with van der Waals surface area (Å²) in [4.78, 5) is 0. The van der Waals surface area contributed by atoms with Crippen LogP contribution in [0.3, 0.4) is 0 Å². The molecule has 108 valence electrons. The molecule has 0 saturated carbocycles. The zero-order valence-corrected chi connectivity index (χ0v) is 14.5. The third-order valence-electron chi connectivity index (χ3n) is 3.54. The minimum atomic E-state index is 0.326. The molecule has 0 aromatic heterocycles. The number of nitrogens with one attached hydrogen (secondary N) is 1. The van der Waals surface area contributed by atoms with Crippen molar-refractivity contribution in [3.63, 3.8) is 0 Å². The number of rotatable bonds is 6. The summed E-state index contributed by atoms with van der Waals surface area (Å²) in [5.41, 5.74) is 1.74. The molecule has 1 unspecified atom stereocenters. The van der Waals surface area contributed by atoms with Crippen molar-refractivity contribution in [2.75, 3.05) is 13.1 Å². The average Bonchev–Trinajstić information content (AvgIpc) is 2.26. The molecule has 0 bridgehead atoms. The summed E-state index contributed by atoms with van der Waals surface area (Å²) in [6.07, 6.45) is 1.13. The average molecular weight is 326 g/mol. The van der Waals surface area contributed by atoms with Crippen molar-refractivity contribution in [3.05, 3.63) is 34.3 Å². The van der Waals surface area contributed by atoms with Crippen molar-refractivity contribution < 1.29 is 0 Å². The monoisotopic (exact) mass is 325 g/mol. The highest BCUT2D eigenvalue weighted by Crippen LogP contribution is 2.29. The molecular weight excluding hydrogens is 298 g/mol. The van der Waals surface area contributed by atoms with E-state index in [0.29, 0.717) is 17.3 Å². The number of hydrogen-bond donors (Lipinski definition) is 1. The van der Waals surface area contributed by atoms with Crippen LogP contribution in [-0.4, -0.2) is 13.1 Å². The minimum Gasteiger partial charge on any atom is -0.316 e. The van der Waals surface area contributed by atoms with Gasteiger partial charge in [0.15, 0.2) is 0 Å². The second-order valence-corrected chi connectivity index (χ2v) is 7.86. The largest absolute Gasteiger partial charge is 0.316 e. The van der Waals surface area contributed by atoms with E-state index in [0.717, 1.165) is 19.5 Å². The lowest BCUT2D eigenvalue weighted by Crippen LogP contribution is -2.35. The minimum absolute atomic E-state index is 0.326. The van der Waals surface area contributed by atoms with Gasteiger partial charge in [-0.2, -0.15) is 0 Å². The molecule has 1 N–H and O–H groups in total. The molecule has 0 spiro atoms. The molecule has 0 amide bonds. The quantitative estimate of drug-likeness (QED) is 0.784. The molecule has 19 heavy (non-hydrogen) atoms. The van der Waals surface area contributed by atoms with Crippen molar-refractivity contribution in [2.24, 2.45) is 17.3 Å². The van der Waals surface area contributed by atoms with Crippen molar-refractivity contribution in [2.45, 2.75) is 41.0 Å². The Labute approximate surface area is 127 Å². The second kappa shape index (κ2) is 7.44. The Kier molecular flexibility index (Phi) is 6.55. The topological polar surface area (TPSA) is 12.0 Å². The van der Waals surface area contributed by atoms with Crippen LogP contribution in [0.2, 0.25) is 0 Å². The fourth-order valence-corrected chi connectivity index (χ4v) is 2.63. The van der Waals surface area contributed by atoms with Gasteiger partial charge in [0, 0.05) is 4.47 Å². The highest BCUT2D eigenvalue weighted by atomic mass is 79.9. The summed E-state index contributed by atoms with van der Waals surface area (Å²) < 4.78 is 1.17. The van der Waals surface area contributed by atoms with Gasteiger partial charge in [-0.1, -0.05) is 62.7 Å². The molecule has 1 atom stereocenters. The van der Waals surface area contributed by atoms with Crippen molar-refractivity contribution in [1.29, 1.82) is 0 Å². The molecule has 0 aliphatic heterocycles. The van der Waals surface area contributed by atoms with Gasteiger partial charge in [0.05, 0.1) is 0 Å². The van der Waals surface area contributed by atoms with E-state index in [2.05, 4.69) is 80.1 Å². The molecule has 1 aromatic carbocycles. The number of halogens is 1. The van der Waals surface area contributed by atoms with E-state index in [1.54, 1.807) is 0 Å². The van der Waals surface area contributed by atoms with E-state index >= 15 is 0 Å². The SMILES string of the molecule is CC(C)CNCC(Cc1cccc(Br)c1)C(C)(C)C. The first kappa shape index (κ1) is 16.7. The summed E-state index contributed by atoms with van der Waals surface area (Å²) >= 11 is 3.56. The maximum Gasteiger partial charge on any atom is 0.0177 e. The van der Waals surface area contributed by atoms with Gasteiger partial charge in [0.25, 0.3) is 0 Å². The number of hydrogen-bond acceptors (Lipinski definition) is 1. The summed E-state index contributed by atoms with van der Waals surface area (Å²) in [6.45, 7) is 13.7. The van der Waals surface area contributed by atoms with Crippen LogP contribution in [0, 0.1) is 17.3 Å². The van der Waals surface area contributed by atoms with Crippen LogP contribution in [-0.2, 0) is 6.42 Å². The standard InChI is InChI=1S/C17H28BrN/c1-13(2)11-19-12-15(17(3,4)5)9-14-7-6-8-16(18)10-14/h6-8,10,13,15,19H,9,11-12H2,1-5H3. The van der Waals surface area contributed by atoms with Gasteiger partial charge >= 0.3 is 0 Å². The summed E-state index contributed by atoms with van der Waals surface area (Å²) in [5.74, 6) is 1.37. The molecule has 1 aromatic rings. The Morgan fingerprint density at radius 1 is 1.16 bits per heavy atom. The highest BCUT2D eigenvalue weighted by Gasteiger charge is 2.24. The Morgan fingerprint density at radius 3 is 2.37 bits per heavy atom. The van der Waals surface area contributed by atoms with Gasteiger partial charge in [-0.3, -0.25) is 0 Å². The van der Waals surface area contributed by atoms with Crippen molar-refractivity contribution in [1.82, 2.24) is 5.32 Å². The second-order valence-electron chi connectivity index (χ2n) is 6.95. The van der Waals surface area contributed by atoms with E-state index < -0.39 is 0 Å². The molecule has 1 rings (SSSR count). The van der Waals surface area contributed by atoms with Gasteiger partial charge in [0.1, 0.15) is 0 Å². The molecule has 0 heterocycles. The summed E-state index contributed by atoms with van der Waals surface area (Å²) in [5, 5.41) is 3.61. The van der Waals surface area contributed by atoms with Crippen LogP contribution in [0.1, 0.15) is 40.2 Å². The Morgan fingerprint density at radius 2 is 1.84 bits per heavy atom. The molecule has 2 heteroatoms. The fraction of sp³-hybridized carbons (Fsp3) is 0.647. The lowest BCUT2D eigenvalue weighted by molar-refractivity contribution is 0.228. The third-order valence-corrected chi connectivity index (χ3v) is 4.03. The molecule has 0 fully saturated rings. The maximum atomic E-state index is 3.61. The van der Waals surface area contributed by atoms with Crippen molar-refractivity contribution in [3.8, 4) is 0 Å². The van der Waals surface area contributed by atoms with Gasteiger partial charge in [-0.25, -0.2) is 0 Å². The van der Waals surface area contributed by atoms with Crippen LogP contribution < -0.4 is 5.32 Å². The van der Waals surface area contributed by atoms with Gasteiger partial charge in [0.2, 0.25) is 0 Å². The first-order chi connectivity index (χ1) is 8.79. The lowest BCUT2D eigenvalue weighted by Gasteiger charge is -2.31. The van der Waals surface area contributed by atoms with E-state index in [-0.39, 0.29) is 0 Å². The van der Waals surface area contributed by atoms with Crippen molar-refractivity contribution >= 4 is 15.9 Å². The predicted molar refractivity (Wildman–Crippen MR) is 88.5 cm³/mol. The van der Waals surface area contributed by atoms with Gasteiger partial charge in [-0.15, -0.1) is 0 Å². The Bertz CT molecular complexity index is 379. The summed E-state index contributed by atoms with van der Waals surface area (Å²) in [6, 6.07) is 8.68. The first-order valence-electron chi connectivity index (χ1n) is 7.24.